The summed E-state index contributed by atoms with van der Waals surface area (Å²) in [7, 11) is 0. The molecule has 0 radical (unpaired) electrons. The molecule has 1 aliphatic rings. The van der Waals surface area contributed by atoms with Gasteiger partial charge in [-0.1, -0.05) is 11.6 Å². The van der Waals surface area contributed by atoms with E-state index in [2.05, 4.69) is 5.32 Å². The molecule has 0 aromatic heterocycles. The summed E-state index contributed by atoms with van der Waals surface area (Å²) >= 11 is 5.76. The predicted molar refractivity (Wildman–Crippen MR) is 75.6 cm³/mol. The molecule has 1 unspecified atom stereocenters. The smallest absolute Gasteiger partial charge is 0.251 e. The molecule has 20 heavy (non-hydrogen) atoms. The van der Waals surface area contributed by atoms with Gasteiger partial charge in [-0.3, -0.25) is 9.59 Å². The lowest BCUT2D eigenvalue weighted by atomic mass is 10.2. The van der Waals surface area contributed by atoms with E-state index in [-0.39, 0.29) is 11.8 Å². The van der Waals surface area contributed by atoms with Crippen LogP contribution < -0.4 is 5.32 Å². The van der Waals surface area contributed by atoms with Crippen molar-refractivity contribution >= 4 is 23.4 Å². The molecule has 1 aromatic rings. The van der Waals surface area contributed by atoms with Crippen molar-refractivity contribution < 1.29 is 14.7 Å². The summed E-state index contributed by atoms with van der Waals surface area (Å²) in [6.45, 7) is 2.50. The normalized spacial score (nSPS) is 19.8. The summed E-state index contributed by atoms with van der Waals surface area (Å²) < 4.78 is 0. The Hall–Kier alpha value is -1.59. The van der Waals surface area contributed by atoms with Crippen molar-refractivity contribution in [2.45, 2.75) is 25.5 Å². The van der Waals surface area contributed by atoms with Gasteiger partial charge in [-0.15, -0.1) is 0 Å². The number of likely N-dealkylation sites (tertiary alicyclic amines) is 1. The van der Waals surface area contributed by atoms with Gasteiger partial charge in [0.1, 0.15) is 6.04 Å². The minimum absolute atomic E-state index is 0.177. The molecule has 2 amide bonds. The van der Waals surface area contributed by atoms with Crippen LogP contribution in [-0.4, -0.2) is 47.1 Å². The van der Waals surface area contributed by atoms with E-state index in [1.54, 1.807) is 36.1 Å². The molecule has 6 heteroatoms. The summed E-state index contributed by atoms with van der Waals surface area (Å²) in [5.41, 5.74) is 0.454. The number of nitrogens with one attached hydrogen (secondary N) is 1. The molecule has 1 fully saturated rings. The van der Waals surface area contributed by atoms with Gasteiger partial charge >= 0.3 is 0 Å². The molecule has 1 aromatic carbocycles. The minimum Gasteiger partial charge on any atom is -0.391 e. The Morgan fingerprint density at radius 1 is 1.40 bits per heavy atom. The summed E-state index contributed by atoms with van der Waals surface area (Å²) in [5.74, 6) is -0.494. The van der Waals surface area contributed by atoms with E-state index in [0.29, 0.717) is 30.1 Å². The maximum atomic E-state index is 12.1. The topological polar surface area (TPSA) is 69.6 Å². The van der Waals surface area contributed by atoms with Gasteiger partial charge in [0.15, 0.2) is 0 Å². The van der Waals surface area contributed by atoms with Gasteiger partial charge in [0, 0.05) is 23.7 Å². The zero-order chi connectivity index (χ0) is 14.7. The maximum Gasteiger partial charge on any atom is 0.251 e. The molecular weight excluding hydrogens is 280 g/mol. The lowest BCUT2D eigenvalue weighted by Crippen LogP contribution is -2.46. The first-order valence-electron chi connectivity index (χ1n) is 6.50. The molecule has 0 bridgehead atoms. The second-order valence-electron chi connectivity index (χ2n) is 4.93. The Morgan fingerprint density at radius 3 is 2.60 bits per heavy atom. The number of aliphatic hydroxyl groups is 1. The molecule has 2 atom stereocenters. The lowest BCUT2D eigenvalue weighted by molar-refractivity contribution is -0.132. The Bertz CT molecular complexity index is 504. The number of halogens is 1. The monoisotopic (exact) mass is 296 g/mol. The Kier molecular flexibility index (Phi) is 4.62. The van der Waals surface area contributed by atoms with E-state index >= 15 is 0 Å². The molecule has 5 nitrogen and oxygen atoms in total. The van der Waals surface area contributed by atoms with Gasteiger partial charge in [-0.2, -0.15) is 0 Å². The highest BCUT2D eigenvalue weighted by atomic mass is 35.5. The SMILES string of the molecule is CC(NC(=O)c1ccc(Cl)cc1)C(=O)N1CC[C@@H](O)C1. The third kappa shape index (κ3) is 3.49. The van der Waals surface area contributed by atoms with Gasteiger partial charge < -0.3 is 15.3 Å². The molecule has 0 spiro atoms. The number of nitrogens with zero attached hydrogens (tertiary/aromatic N) is 1. The number of aliphatic hydroxyl groups excluding tert-OH is 1. The van der Waals surface area contributed by atoms with Crippen molar-refractivity contribution in [3.05, 3.63) is 34.9 Å². The van der Waals surface area contributed by atoms with Crippen LogP contribution in [0.5, 0.6) is 0 Å². The standard InChI is InChI=1S/C14H17ClN2O3/c1-9(14(20)17-7-6-12(18)8-17)16-13(19)10-2-4-11(15)5-3-10/h2-5,9,12,18H,6-8H2,1H3,(H,16,19)/t9?,12-/m1/s1. The second kappa shape index (κ2) is 6.24. The van der Waals surface area contributed by atoms with E-state index in [9.17, 15) is 14.7 Å². The van der Waals surface area contributed by atoms with Gasteiger partial charge in [0.2, 0.25) is 5.91 Å². The van der Waals surface area contributed by atoms with Gasteiger partial charge in [-0.05, 0) is 37.6 Å². The molecule has 108 valence electrons. The van der Waals surface area contributed by atoms with Crippen LogP contribution in [0, 0.1) is 0 Å². The van der Waals surface area contributed by atoms with Crippen molar-refractivity contribution in [2.75, 3.05) is 13.1 Å². The fourth-order valence-electron chi connectivity index (χ4n) is 2.16. The van der Waals surface area contributed by atoms with Crippen LogP contribution in [0.3, 0.4) is 0 Å². The molecule has 0 saturated carbocycles. The van der Waals surface area contributed by atoms with Crippen molar-refractivity contribution in [1.82, 2.24) is 10.2 Å². The first-order chi connectivity index (χ1) is 9.47. The third-order valence-electron chi connectivity index (χ3n) is 3.30. The second-order valence-corrected chi connectivity index (χ2v) is 5.37. The van der Waals surface area contributed by atoms with Crippen LogP contribution in [0.4, 0.5) is 0 Å². The van der Waals surface area contributed by atoms with Crippen molar-refractivity contribution in [2.24, 2.45) is 0 Å². The van der Waals surface area contributed by atoms with Gasteiger partial charge in [0.05, 0.1) is 6.10 Å². The maximum absolute atomic E-state index is 12.1. The summed E-state index contributed by atoms with van der Waals surface area (Å²) in [6, 6.07) is 5.84. The lowest BCUT2D eigenvalue weighted by Gasteiger charge is -2.21. The Morgan fingerprint density at radius 2 is 2.05 bits per heavy atom. The van der Waals surface area contributed by atoms with E-state index in [1.807, 2.05) is 0 Å². The average molecular weight is 297 g/mol. The van der Waals surface area contributed by atoms with Gasteiger partial charge in [0.25, 0.3) is 5.91 Å². The average Bonchev–Trinajstić information content (AvgIpc) is 2.85. The quantitative estimate of drug-likeness (QED) is 0.876. The van der Waals surface area contributed by atoms with Crippen molar-refractivity contribution in [3.8, 4) is 0 Å². The highest BCUT2D eigenvalue weighted by molar-refractivity contribution is 6.30. The zero-order valence-corrected chi connectivity index (χ0v) is 11.9. The van der Waals surface area contributed by atoms with E-state index in [4.69, 9.17) is 11.6 Å². The van der Waals surface area contributed by atoms with Crippen molar-refractivity contribution in [1.29, 1.82) is 0 Å². The minimum atomic E-state index is -0.622. The largest absolute Gasteiger partial charge is 0.391 e. The molecule has 1 aliphatic heterocycles. The summed E-state index contributed by atoms with van der Waals surface area (Å²) in [5, 5.41) is 12.6. The Balaban J connectivity index is 1.93. The molecule has 1 heterocycles. The van der Waals surface area contributed by atoms with Crippen LogP contribution >= 0.6 is 11.6 Å². The molecule has 0 aliphatic carbocycles. The molecule has 1 saturated heterocycles. The number of carbonyl (C=O) groups is 2. The number of benzene rings is 1. The molecule has 2 N–H and O–H groups in total. The fraction of sp³-hybridized carbons (Fsp3) is 0.429. The number of rotatable bonds is 3. The molecular formula is C14H17ClN2O3. The van der Waals surface area contributed by atoms with Crippen LogP contribution in [0.2, 0.25) is 5.02 Å². The van der Waals surface area contributed by atoms with Crippen LogP contribution in [-0.2, 0) is 4.79 Å². The Labute approximate surface area is 122 Å². The molecule has 2 rings (SSSR count). The van der Waals surface area contributed by atoms with Crippen LogP contribution in [0.15, 0.2) is 24.3 Å². The van der Waals surface area contributed by atoms with E-state index in [0.717, 1.165) is 0 Å². The summed E-state index contributed by atoms with van der Waals surface area (Å²) in [6.07, 6.45) is 0.127. The fourth-order valence-corrected chi connectivity index (χ4v) is 2.28. The van der Waals surface area contributed by atoms with E-state index in [1.165, 1.54) is 0 Å². The number of amides is 2. The predicted octanol–water partition coefficient (Wildman–Crippen LogP) is 1.05. The van der Waals surface area contributed by atoms with Crippen LogP contribution in [0.25, 0.3) is 0 Å². The highest BCUT2D eigenvalue weighted by Crippen LogP contribution is 2.12. The number of β-amino-alcohol motifs (C(OH)–C–C–N with tert-alkyl or cyclic N) is 1. The number of carbonyl (C=O) groups excluding carboxylic acids is 2. The third-order valence-corrected chi connectivity index (χ3v) is 3.55. The van der Waals surface area contributed by atoms with Crippen LogP contribution in [0.1, 0.15) is 23.7 Å². The first-order valence-corrected chi connectivity index (χ1v) is 6.88. The van der Waals surface area contributed by atoms with Crippen molar-refractivity contribution in [3.63, 3.8) is 0 Å². The summed E-state index contributed by atoms with van der Waals surface area (Å²) in [4.78, 5) is 25.6. The number of hydrogen-bond donors (Lipinski definition) is 2. The number of hydrogen-bond acceptors (Lipinski definition) is 3. The first kappa shape index (κ1) is 14.8. The van der Waals surface area contributed by atoms with Gasteiger partial charge in [-0.25, -0.2) is 0 Å². The zero-order valence-electron chi connectivity index (χ0n) is 11.2. The van der Waals surface area contributed by atoms with E-state index < -0.39 is 12.1 Å². The highest BCUT2D eigenvalue weighted by Gasteiger charge is 2.28.